The Labute approximate surface area is 146 Å². The van der Waals surface area contributed by atoms with Gasteiger partial charge in [0.1, 0.15) is 5.75 Å². The second-order valence-electron chi connectivity index (χ2n) is 6.18. The average molecular weight is 342 g/mol. The summed E-state index contributed by atoms with van der Waals surface area (Å²) in [6.45, 7) is 1.40. The Morgan fingerprint density at radius 2 is 2.08 bits per heavy atom. The summed E-state index contributed by atoms with van der Waals surface area (Å²) in [7, 11) is 3.23. The van der Waals surface area contributed by atoms with Crippen LogP contribution in [-0.4, -0.2) is 35.9 Å². The van der Waals surface area contributed by atoms with Crippen molar-refractivity contribution in [2.75, 3.05) is 30.4 Å². The molecular weight excluding hydrogens is 320 g/mol. The molecule has 1 N–H and O–H groups in total. The van der Waals surface area contributed by atoms with E-state index in [2.05, 4.69) is 15.3 Å². The molecular formula is C18H22N4O3. The molecule has 1 aliphatic rings. The van der Waals surface area contributed by atoms with Gasteiger partial charge in [0.2, 0.25) is 5.91 Å². The fourth-order valence-electron chi connectivity index (χ4n) is 2.98. The van der Waals surface area contributed by atoms with Crippen LogP contribution in [0.5, 0.6) is 5.75 Å². The van der Waals surface area contributed by atoms with E-state index in [-0.39, 0.29) is 17.4 Å². The van der Waals surface area contributed by atoms with E-state index in [0.717, 1.165) is 36.5 Å². The number of anilines is 2. The number of nitrogens with one attached hydrogen (secondary N) is 1. The van der Waals surface area contributed by atoms with Crippen LogP contribution in [0.1, 0.15) is 12.8 Å². The lowest BCUT2D eigenvalue weighted by Crippen LogP contribution is -2.41. The molecule has 1 aliphatic heterocycles. The number of hydrogen-bond donors (Lipinski definition) is 1. The molecule has 1 unspecified atom stereocenters. The minimum absolute atomic E-state index is 0.00772. The Kier molecular flexibility index (Phi) is 5.02. The van der Waals surface area contributed by atoms with Crippen LogP contribution in [0.15, 0.2) is 41.3 Å². The van der Waals surface area contributed by atoms with Gasteiger partial charge in [0.15, 0.2) is 0 Å². The highest BCUT2D eigenvalue weighted by atomic mass is 16.5. The van der Waals surface area contributed by atoms with Crippen LogP contribution in [-0.2, 0) is 11.8 Å². The van der Waals surface area contributed by atoms with Gasteiger partial charge >= 0.3 is 0 Å². The molecule has 1 saturated heterocycles. The van der Waals surface area contributed by atoms with E-state index in [1.54, 1.807) is 26.4 Å². The van der Waals surface area contributed by atoms with E-state index in [0.29, 0.717) is 6.54 Å². The van der Waals surface area contributed by atoms with Gasteiger partial charge < -0.3 is 15.0 Å². The fraction of sp³-hybridized carbons (Fsp3) is 0.389. The van der Waals surface area contributed by atoms with Gasteiger partial charge in [-0.2, -0.15) is 5.10 Å². The number of piperidine rings is 1. The van der Waals surface area contributed by atoms with E-state index >= 15 is 0 Å². The second-order valence-corrected chi connectivity index (χ2v) is 6.18. The SMILES string of the molecule is COc1ccc(NC(=O)C2CCCN(c3cnn(C)c(=O)c3)C2)cc1. The molecule has 0 spiro atoms. The van der Waals surface area contributed by atoms with E-state index in [4.69, 9.17) is 4.74 Å². The van der Waals surface area contributed by atoms with Crippen LogP contribution in [0.4, 0.5) is 11.4 Å². The molecule has 2 aromatic rings. The number of hydrogen-bond acceptors (Lipinski definition) is 5. The maximum Gasteiger partial charge on any atom is 0.268 e. The Morgan fingerprint density at radius 1 is 1.32 bits per heavy atom. The summed E-state index contributed by atoms with van der Waals surface area (Å²) in [6, 6.07) is 8.84. The Hall–Kier alpha value is -2.83. The molecule has 0 bridgehead atoms. The lowest BCUT2D eigenvalue weighted by Gasteiger charge is -2.33. The maximum absolute atomic E-state index is 12.6. The predicted octanol–water partition coefficient (Wildman–Crippen LogP) is 1.64. The van der Waals surface area contributed by atoms with Gasteiger partial charge in [0.25, 0.3) is 5.56 Å². The lowest BCUT2D eigenvalue weighted by atomic mass is 9.96. The van der Waals surface area contributed by atoms with Crippen molar-refractivity contribution < 1.29 is 9.53 Å². The summed E-state index contributed by atoms with van der Waals surface area (Å²) in [5.74, 6) is 0.617. The number of carbonyl (C=O) groups excluding carboxylic acids is 1. The molecule has 1 amide bonds. The van der Waals surface area contributed by atoms with Gasteiger partial charge in [-0.15, -0.1) is 0 Å². The number of nitrogens with zero attached hydrogens (tertiary/aromatic N) is 3. The first kappa shape index (κ1) is 17.0. The molecule has 1 atom stereocenters. The number of methoxy groups -OCH3 is 1. The highest BCUT2D eigenvalue weighted by Crippen LogP contribution is 2.23. The zero-order valence-corrected chi connectivity index (χ0v) is 14.4. The molecule has 2 heterocycles. The highest BCUT2D eigenvalue weighted by Gasteiger charge is 2.26. The van der Waals surface area contributed by atoms with Gasteiger partial charge in [0, 0.05) is 31.9 Å². The van der Waals surface area contributed by atoms with Crippen LogP contribution >= 0.6 is 0 Å². The first-order valence-electron chi connectivity index (χ1n) is 8.30. The van der Waals surface area contributed by atoms with Gasteiger partial charge in [0.05, 0.1) is 24.9 Å². The minimum atomic E-state index is -0.151. The van der Waals surface area contributed by atoms with Crippen LogP contribution in [0.2, 0.25) is 0 Å². The van der Waals surface area contributed by atoms with E-state index in [9.17, 15) is 9.59 Å². The third-order valence-corrected chi connectivity index (χ3v) is 4.47. The molecule has 7 nitrogen and oxygen atoms in total. The van der Waals surface area contributed by atoms with Gasteiger partial charge in [-0.05, 0) is 37.1 Å². The molecule has 0 aliphatic carbocycles. The van der Waals surface area contributed by atoms with Gasteiger partial charge in [-0.1, -0.05) is 0 Å². The van der Waals surface area contributed by atoms with Crippen molar-refractivity contribution in [3.05, 3.63) is 46.9 Å². The molecule has 1 aromatic heterocycles. The highest BCUT2D eigenvalue weighted by molar-refractivity contribution is 5.93. The van der Waals surface area contributed by atoms with Crippen molar-refractivity contribution in [3.8, 4) is 5.75 Å². The molecule has 1 aromatic carbocycles. The first-order chi connectivity index (χ1) is 12.1. The predicted molar refractivity (Wildman–Crippen MR) is 96.0 cm³/mol. The van der Waals surface area contributed by atoms with Crippen molar-refractivity contribution in [1.29, 1.82) is 0 Å². The molecule has 7 heteroatoms. The molecule has 0 saturated carbocycles. The fourth-order valence-corrected chi connectivity index (χ4v) is 2.98. The molecule has 3 rings (SSSR count). The number of ether oxygens (including phenoxy) is 1. The third kappa shape index (κ3) is 3.99. The summed E-state index contributed by atoms with van der Waals surface area (Å²) in [6.07, 6.45) is 3.40. The third-order valence-electron chi connectivity index (χ3n) is 4.47. The summed E-state index contributed by atoms with van der Waals surface area (Å²) in [5.41, 5.74) is 1.37. The average Bonchev–Trinajstić information content (AvgIpc) is 2.64. The van der Waals surface area contributed by atoms with Crippen molar-refractivity contribution in [2.45, 2.75) is 12.8 Å². The van der Waals surface area contributed by atoms with Crippen LogP contribution in [0.3, 0.4) is 0 Å². The number of benzene rings is 1. The molecule has 1 fully saturated rings. The topological polar surface area (TPSA) is 76.5 Å². The minimum Gasteiger partial charge on any atom is -0.497 e. The Balaban J connectivity index is 1.66. The van der Waals surface area contributed by atoms with Crippen LogP contribution in [0, 0.1) is 5.92 Å². The van der Waals surface area contributed by atoms with Gasteiger partial charge in [-0.25, -0.2) is 4.68 Å². The van der Waals surface area contributed by atoms with E-state index < -0.39 is 0 Å². The monoisotopic (exact) mass is 342 g/mol. The molecule has 132 valence electrons. The number of aryl methyl sites for hydroxylation is 1. The Morgan fingerprint density at radius 3 is 2.76 bits per heavy atom. The van der Waals surface area contributed by atoms with Gasteiger partial charge in [-0.3, -0.25) is 9.59 Å². The van der Waals surface area contributed by atoms with E-state index in [1.165, 1.54) is 4.68 Å². The van der Waals surface area contributed by atoms with Crippen LogP contribution in [0.25, 0.3) is 0 Å². The quantitative estimate of drug-likeness (QED) is 0.914. The molecule has 25 heavy (non-hydrogen) atoms. The standard InChI is InChI=1S/C18H22N4O3/c1-21-17(23)10-15(11-19-21)22-9-3-4-13(12-22)18(24)20-14-5-7-16(25-2)8-6-14/h5-8,10-11,13H,3-4,9,12H2,1-2H3,(H,20,24). The zero-order chi connectivity index (χ0) is 17.8. The van der Waals surface area contributed by atoms with Crippen molar-refractivity contribution in [1.82, 2.24) is 9.78 Å². The first-order valence-corrected chi connectivity index (χ1v) is 8.30. The number of aromatic nitrogens is 2. The summed E-state index contributed by atoms with van der Waals surface area (Å²) < 4.78 is 6.41. The Bertz CT molecular complexity index is 801. The summed E-state index contributed by atoms with van der Waals surface area (Å²) in [4.78, 5) is 26.4. The van der Waals surface area contributed by atoms with Crippen molar-refractivity contribution >= 4 is 17.3 Å². The number of amides is 1. The summed E-state index contributed by atoms with van der Waals surface area (Å²) >= 11 is 0. The van der Waals surface area contributed by atoms with E-state index in [1.807, 2.05) is 24.3 Å². The number of rotatable bonds is 4. The normalized spacial score (nSPS) is 17.2. The zero-order valence-electron chi connectivity index (χ0n) is 14.4. The summed E-state index contributed by atoms with van der Waals surface area (Å²) in [5, 5.41) is 7.01. The van der Waals surface area contributed by atoms with Crippen LogP contribution < -0.4 is 20.5 Å². The number of carbonyl (C=O) groups is 1. The maximum atomic E-state index is 12.6. The van der Waals surface area contributed by atoms with Crippen molar-refractivity contribution in [2.24, 2.45) is 13.0 Å². The smallest absolute Gasteiger partial charge is 0.268 e. The van der Waals surface area contributed by atoms with Crippen molar-refractivity contribution in [3.63, 3.8) is 0 Å². The second kappa shape index (κ2) is 7.38. The largest absolute Gasteiger partial charge is 0.497 e. The lowest BCUT2D eigenvalue weighted by molar-refractivity contribution is -0.120. The molecule has 0 radical (unpaired) electrons.